The van der Waals surface area contributed by atoms with E-state index in [2.05, 4.69) is 217 Å². The summed E-state index contributed by atoms with van der Waals surface area (Å²) in [6.07, 6.45) is 0. The van der Waals surface area contributed by atoms with Gasteiger partial charge in [-0.15, -0.1) is 0 Å². The van der Waals surface area contributed by atoms with Crippen molar-refractivity contribution in [2.45, 2.75) is 0 Å². The van der Waals surface area contributed by atoms with Crippen LogP contribution in [0.15, 0.2) is 212 Å². The van der Waals surface area contributed by atoms with Crippen molar-refractivity contribution >= 4 is 27.8 Å². The Bertz CT molecular complexity index is 2670. The van der Waals surface area contributed by atoms with Crippen LogP contribution in [0.3, 0.4) is 0 Å². The van der Waals surface area contributed by atoms with Crippen molar-refractivity contribution in [3.05, 3.63) is 212 Å². The highest BCUT2D eigenvalue weighted by atomic mass is 16.5. The highest BCUT2D eigenvalue weighted by Crippen LogP contribution is 2.55. The summed E-state index contributed by atoms with van der Waals surface area (Å²) < 4.78 is 7.28. The molecular weight excluding hydrogens is 655 g/mol. The Labute approximate surface area is 315 Å². The monoisotopic (exact) mass is 689 g/mol. The van der Waals surface area contributed by atoms with Crippen molar-refractivity contribution in [2.24, 2.45) is 0 Å². The molecule has 1 aliphatic rings. The predicted octanol–water partition coefficient (Wildman–Crippen LogP) is 14.8. The maximum atomic E-state index is 7.28. The third-order valence-corrected chi connectivity index (χ3v) is 10.5. The zero-order chi connectivity index (χ0) is 35.8. The average Bonchev–Trinajstić information content (AvgIpc) is 3.39. The van der Waals surface area contributed by atoms with E-state index >= 15 is 0 Å². The Morgan fingerprint density at radius 3 is 1.37 bits per heavy atom. The maximum absolute atomic E-state index is 7.28. The molecule has 254 valence electrons. The van der Waals surface area contributed by atoms with Gasteiger partial charge in [-0.05, 0) is 92.2 Å². The van der Waals surface area contributed by atoms with E-state index in [4.69, 9.17) is 4.74 Å². The molecule has 0 fully saturated rings. The third-order valence-electron chi connectivity index (χ3n) is 10.5. The third kappa shape index (κ3) is 5.62. The Hall–Kier alpha value is -7.16. The molecule has 2 heteroatoms. The topological polar surface area (TPSA) is 12.5 Å². The summed E-state index contributed by atoms with van der Waals surface area (Å²) >= 11 is 0. The summed E-state index contributed by atoms with van der Waals surface area (Å²) in [6, 6.07) is 75.7. The van der Waals surface area contributed by atoms with Crippen molar-refractivity contribution in [3.63, 3.8) is 0 Å². The van der Waals surface area contributed by atoms with E-state index in [1.807, 2.05) is 0 Å². The number of anilines is 3. The number of hydrogen-bond donors (Lipinski definition) is 0. The van der Waals surface area contributed by atoms with Crippen LogP contribution in [0.5, 0.6) is 11.5 Å². The lowest BCUT2D eigenvalue weighted by Crippen LogP contribution is -2.11. The first kappa shape index (κ1) is 31.6. The molecule has 9 aromatic rings. The minimum Gasteiger partial charge on any atom is -0.454 e. The van der Waals surface area contributed by atoms with Crippen LogP contribution in [0.1, 0.15) is 0 Å². The maximum Gasteiger partial charge on any atom is 0.159 e. The summed E-state index contributed by atoms with van der Waals surface area (Å²) in [4.78, 5) is 2.33. The Kier molecular flexibility index (Phi) is 7.85. The number of fused-ring (bicyclic) bond motifs is 6. The SMILES string of the molecule is c1ccc(-c2ccc(N(c3ccc(-c4ccccc4)cc3)c3cccc4c3Oc3cc5ccccc5cc3-c3cccc(-c5ccccc5)c3-4)cc2)cc1. The van der Waals surface area contributed by atoms with Gasteiger partial charge in [-0.1, -0.05) is 170 Å². The smallest absolute Gasteiger partial charge is 0.159 e. The minimum atomic E-state index is 0.815. The number of benzene rings is 9. The first-order valence-electron chi connectivity index (χ1n) is 18.4. The zero-order valence-electron chi connectivity index (χ0n) is 29.6. The first-order chi connectivity index (χ1) is 26.8. The lowest BCUT2D eigenvalue weighted by Gasteiger charge is -2.29. The van der Waals surface area contributed by atoms with Crippen molar-refractivity contribution in [3.8, 4) is 67.1 Å². The molecule has 0 radical (unpaired) electrons. The van der Waals surface area contributed by atoms with Crippen molar-refractivity contribution < 1.29 is 4.74 Å². The summed E-state index contributed by atoms with van der Waals surface area (Å²) in [5.74, 6) is 1.65. The van der Waals surface area contributed by atoms with E-state index in [-0.39, 0.29) is 0 Å². The van der Waals surface area contributed by atoms with Gasteiger partial charge in [-0.3, -0.25) is 0 Å². The van der Waals surface area contributed by atoms with Crippen LogP contribution < -0.4 is 9.64 Å². The van der Waals surface area contributed by atoms with Gasteiger partial charge in [0.1, 0.15) is 5.75 Å². The number of para-hydroxylation sites is 1. The molecule has 0 unspecified atom stereocenters. The predicted molar refractivity (Wildman–Crippen MR) is 226 cm³/mol. The highest BCUT2D eigenvalue weighted by molar-refractivity contribution is 6.04. The van der Waals surface area contributed by atoms with Crippen molar-refractivity contribution in [1.29, 1.82) is 0 Å². The van der Waals surface area contributed by atoms with Crippen molar-refractivity contribution in [1.82, 2.24) is 0 Å². The molecule has 0 amide bonds. The number of nitrogens with zero attached hydrogens (tertiary/aromatic N) is 1. The Balaban J connectivity index is 1.22. The summed E-state index contributed by atoms with van der Waals surface area (Å²) in [5.41, 5.74) is 14.5. The molecule has 0 spiro atoms. The van der Waals surface area contributed by atoms with Gasteiger partial charge in [0.25, 0.3) is 0 Å². The summed E-state index contributed by atoms with van der Waals surface area (Å²) in [5, 5.41) is 2.32. The molecule has 54 heavy (non-hydrogen) atoms. The Morgan fingerprint density at radius 1 is 0.315 bits per heavy atom. The van der Waals surface area contributed by atoms with Crippen LogP contribution in [0.25, 0.3) is 66.4 Å². The average molecular weight is 690 g/mol. The van der Waals surface area contributed by atoms with E-state index in [1.54, 1.807) is 0 Å². The largest absolute Gasteiger partial charge is 0.454 e. The number of rotatable bonds is 6. The zero-order valence-corrected chi connectivity index (χ0v) is 29.6. The van der Waals surface area contributed by atoms with Gasteiger partial charge in [0, 0.05) is 28.1 Å². The van der Waals surface area contributed by atoms with Gasteiger partial charge in [0.05, 0.1) is 5.69 Å². The van der Waals surface area contributed by atoms with E-state index in [0.29, 0.717) is 0 Å². The van der Waals surface area contributed by atoms with E-state index < -0.39 is 0 Å². The van der Waals surface area contributed by atoms with Gasteiger partial charge >= 0.3 is 0 Å². The highest BCUT2D eigenvalue weighted by Gasteiger charge is 2.28. The van der Waals surface area contributed by atoms with E-state index in [1.165, 1.54) is 38.8 Å². The van der Waals surface area contributed by atoms with E-state index in [0.717, 1.165) is 56.2 Å². The lowest BCUT2D eigenvalue weighted by molar-refractivity contribution is 0.489. The second kappa shape index (κ2) is 13.4. The van der Waals surface area contributed by atoms with Gasteiger partial charge < -0.3 is 9.64 Å². The van der Waals surface area contributed by atoms with Crippen LogP contribution in [0.2, 0.25) is 0 Å². The molecule has 10 rings (SSSR count). The molecule has 0 atom stereocenters. The molecule has 0 bridgehead atoms. The lowest BCUT2D eigenvalue weighted by atomic mass is 9.87. The van der Waals surface area contributed by atoms with Crippen LogP contribution in [0.4, 0.5) is 17.1 Å². The van der Waals surface area contributed by atoms with Gasteiger partial charge in [-0.2, -0.15) is 0 Å². The fourth-order valence-corrected chi connectivity index (χ4v) is 7.85. The summed E-state index contributed by atoms with van der Waals surface area (Å²) in [7, 11) is 0. The minimum absolute atomic E-state index is 0.815. The first-order valence-corrected chi connectivity index (χ1v) is 18.4. The molecule has 0 saturated heterocycles. The number of hydrogen-bond acceptors (Lipinski definition) is 2. The molecule has 1 aliphatic heterocycles. The second-order valence-electron chi connectivity index (χ2n) is 13.7. The van der Waals surface area contributed by atoms with Crippen LogP contribution in [-0.4, -0.2) is 0 Å². The molecule has 1 heterocycles. The van der Waals surface area contributed by atoms with Crippen LogP contribution in [0, 0.1) is 0 Å². The van der Waals surface area contributed by atoms with Crippen LogP contribution >= 0.6 is 0 Å². The fourth-order valence-electron chi connectivity index (χ4n) is 7.85. The molecule has 0 N–H and O–H groups in total. The number of ether oxygens (including phenoxy) is 1. The van der Waals surface area contributed by atoms with Gasteiger partial charge in [0.2, 0.25) is 0 Å². The van der Waals surface area contributed by atoms with Gasteiger partial charge in [0.15, 0.2) is 5.75 Å². The Morgan fingerprint density at radius 2 is 0.778 bits per heavy atom. The molecular formula is C52H35NO. The second-order valence-corrected chi connectivity index (χ2v) is 13.7. The van der Waals surface area contributed by atoms with E-state index in [9.17, 15) is 0 Å². The molecule has 9 aromatic carbocycles. The summed E-state index contributed by atoms with van der Waals surface area (Å²) in [6.45, 7) is 0. The fraction of sp³-hybridized carbons (Fsp3) is 0. The van der Waals surface area contributed by atoms with Crippen LogP contribution in [-0.2, 0) is 0 Å². The normalized spacial score (nSPS) is 11.5. The standard InChI is InChI=1S/C52H35NO/c1-4-14-36(15-5-1)38-26-30-43(31-27-38)53(44-32-28-39(29-33-44)37-16-6-2-7-17-37)49-25-13-24-47-51-45(40-18-8-3-9-19-40)22-12-23-46(51)48-34-41-20-10-11-21-42(41)35-50(48)54-52(47)49/h1-35H. The molecule has 2 nitrogen and oxygen atoms in total. The quantitative estimate of drug-likeness (QED) is 0.172. The molecule has 0 aliphatic carbocycles. The molecule has 0 aromatic heterocycles. The van der Waals surface area contributed by atoms with Gasteiger partial charge in [-0.25, -0.2) is 0 Å². The van der Waals surface area contributed by atoms with Crippen molar-refractivity contribution in [2.75, 3.05) is 4.90 Å². The molecule has 0 saturated carbocycles.